The van der Waals surface area contributed by atoms with Gasteiger partial charge in [-0.1, -0.05) is 188 Å². The van der Waals surface area contributed by atoms with Gasteiger partial charge in [0.2, 0.25) is 0 Å². The molecular weight excluding hydrogens is 787 g/mol. The summed E-state index contributed by atoms with van der Waals surface area (Å²) >= 11 is 0. The highest BCUT2D eigenvalue weighted by Crippen LogP contribution is 2.63. The third kappa shape index (κ3) is 5.15. The maximum absolute atomic E-state index is 5.40. The predicted molar refractivity (Wildman–Crippen MR) is 267 cm³/mol. The van der Waals surface area contributed by atoms with E-state index in [2.05, 4.69) is 205 Å². The normalized spacial score (nSPS) is 14.5. The standard InChI is InChI=1S/C62H37N3/c1-2-12-42(13-3-1)61-64-56(39-25-23-38(24-26-39)45-16-11-33-63-37-45)36-57(65-61)43-30-31-49-47-18-5-4-17-46(47)48-19-6-8-21-52(48)62(54(49)34-43)53-22-9-7-20-50(53)60-51-32-29-41-15-10-14-40-27-28-44(35-55(60)62)59(51)58(40)41/h1-37H. The van der Waals surface area contributed by atoms with E-state index in [9.17, 15) is 0 Å². The van der Waals surface area contributed by atoms with Crippen molar-refractivity contribution in [2.24, 2.45) is 0 Å². The van der Waals surface area contributed by atoms with Crippen molar-refractivity contribution in [2.75, 3.05) is 0 Å². The molecule has 2 aliphatic carbocycles. The Kier molecular flexibility index (Phi) is 7.61. The van der Waals surface area contributed by atoms with E-state index in [0.717, 1.165) is 39.2 Å². The molecule has 0 N–H and O–H groups in total. The van der Waals surface area contributed by atoms with Gasteiger partial charge >= 0.3 is 0 Å². The predicted octanol–water partition coefficient (Wildman–Crippen LogP) is 15.4. The molecule has 10 aromatic carbocycles. The number of rotatable bonds is 4. The van der Waals surface area contributed by atoms with Crippen LogP contribution in [0.25, 0.3) is 111 Å². The summed E-state index contributed by atoms with van der Waals surface area (Å²) in [4.78, 5) is 15.0. The van der Waals surface area contributed by atoms with Gasteiger partial charge < -0.3 is 0 Å². The Morgan fingerprint density at radius 3 is 1.68 bits per heavy atom. The van der Waals surface area contributed by atoms with Crippen LogP contribution in [-0.4, -0.2) is 15.0 Å². The van der Waals surface area contributed by atoms with Gasteiger partial charge in [-0.25, -0.2) is 9.97 Å². The number of benzene rings is 10. The molecule has 2 heterocycles. The van der Waals surface area contributed by atoms with Crippen LogP contribution in [0.2, 0.25) is 0 Å². The minimum Gasteiger partial charge on any atom is -0.264 e. The van der Waals surface area contributed by atoms with E-state index in [1.54, 1.807) is 0 Å². The molecule has 1 atom stereocenters. The highest BCUT2D eigenvalue weighted by molar-refractivity contribution is 6.27. The molecule has 2 aliphatic rings. The average Bonchev–Trinajstić information content (AvgIpc) is 3.63. The monoisotopic (exact) mass is 823 g/mol. The van der Waals surface area contributed by atoms with Crippen molar-refractivity contribution in [3.63, 3.8) is 0 Å². The van der Waals surface area contributed by atoms with E-state index in [1.165, 1.54) is 88.0 Å². The lowest BCUT2D eigenvalue weighted by molar-refractivity contribution is 0.777. The van der Waals surface area contributed by atoms with Crippen LogP contribution < -0.4 is 0 Å². The van der Waals surface area contributed by atoms with Crippen LogP contribution >= 0.6 is 0 Å². The third-order valence-electron chi connectivity index (χ3n) is 14.1. The van der Waals surface area contributed by atoms with E-state index < -0.39 is 5.41 Å². The minimum absolute atomic E-state index is 0.669. The Bertz CT molecular complexity index is 3860. The second-order valence-electron chi connectivity index (χ2n) is 17.4. The molecule has 3 heteroatoms. The van der Waals surface area contributed by atoms with Crippen LogP contribution in [0.5, 0.6) is 0 Å². The van der Waals surface area contributed by atoms with E-state index in [1.807, 2.05) is 24.5 Å². The Morgan fingerprint density at radius 1 is 0.323 bits per heavy atom. The van der Waals surface area contributed by atoms with Crippen molar-refractivity contribution in [3.05, 3.63) is 247 Å². The third-order valence-corrected chi connectivity index (χ3v) is 14.1. The SMILES string of the molecule is c1ccc(-c2nc(-c3ccc(-c4cccnc4)cc3)cc(-c3ccc4c(c3)C3(c5ccccc5-c5ccccc5-4)c4ccccc4-c4c3cc3ccc5cccc6ccc4c3c56)n2)cc1. The van der Waals surface area contributed by atoms with Gasteiger partial charge in [0.25, 0.3) is 0 Å². The zero-order valence-electron chi connectivity index (χ0n) is 35.2. The second kappa shape index (κ2) is 13.7. The molecule has 0 saturated carbocycles. The summed E-state index contributed by atoms with van der Waals surface area (Å²) in [5.74, 6) is 0.690. The zero-order valence-corrected chi connectivity index (χ0v) is 35.2. The van der Waals surface area contributed by atoms with Gasteiger partial charge in [0.05, 0.1) is 16.8 Å². The van der Waals surface area contributed by atoms with Crippen LogP contribution in [0.15, 0.2) is 225 Å². The van der Waals surface area contributed by atoms with Gasteiger partial charge in [0, 0.05) is 29.1 Å². The first kappa shape index (κ1) is 36.0. The lowest BCUT2D eigenvalue weighted by atomic mass is 9.65. The number of hydrogen-bond acceptors (Lipinski definition) is 3. The van der Waals surface area contributed by atoms with Gasteiger partial charge in [-0.2, -0.15) is 0 Å². The average molecular weight is 824 g/mol. The van der Waals surface area contributed by atoms with Gasteiger partial charge in [-0.05, 0) is 123 Å². The minimum atomic E-state index is -0.669. The summed E-state index contributed by atoms with van der Waals surface area (Å²) in [5.41, 5.74) is 19.0. The topological polar surface area (TPSA) is 38.7 Å². The molecule has 12 aromatic rings. The molecular formula is C62H37N3. The molecule has 0 radical (unpaired) electrons. The van der Waals surface area contributed by atoms with Crippen LogP contribution in [-0.2, 0) is 5.41 Å². The molecule has 14 rings (SSSR count). The second-order valence-corrected chi connectivity index (χ2v) is 17.4. The number of hydrogen-bond donors (Lipinski definition) is 0. The molecule has 0 saturated heterocycles. The van der Waals surface area contributed by atoms with E-state index in [-0.39, 0.29) is 0 Å². The van der Waals surface area contributed by atoms with Crippen molar-refractivity contribution >= 4 is 32.3 Å². The largest absolute Gasteiger partial charge is 0.264 e. The molecule has 0 aliphatic heterocycles. The summed E-state index contributed by atoms with van der Waals surface area (Å²) in [6.45, 7) is 0. The van der Waals surface area contributed by atoms with Gasteiger partial charge in [-0.3, -0.25) is 4.98 Å². The number of nitrogens with zero attached hydrogens (tertiary/aromatic N) is 3. The quantitative estimate of drug-likeness (QED) is 0.166. The lowest BCUT2D eigenvalue weighted by Gasteiger charge is -2.36. The van der Waals surface area contributed by atoms with E-state index >= 15 is 0 Å². The Balaban J connectivity index is 1.07. The lowest BCUT2D eigenvalue weighted by Crippen LogP contribution is -2.29. The number of fused-ring (bicyclic) bond motifs is 13. The zero-order chi connectivity index (χ0) is 42.6. The molecule has 0 fully saturated rings. The Hall–Kier alpha value is -8.53. The Labute approximate surface area is 376 Å². The molecule has 2 aromatic heterocycles. The first-order chi connectivity index (χ1) is 32.2. The Morgan fingerprint density at radius 2 is 0.923 bits per heavy atom. The summed E-state index contributed by atoms with van der Waals surface area (Å²) in [7, 11) is 0. The van der Waals surface area contributed by atoms with Crippen LogP contribution in [0.4, 0.5) is 0 Å². The first-order valence-electron chi connectivity index (χ1n) is 22.3. The highest BCUT2D eigenvalue weighted by atomic mass is 14.9. The van der Waals surface area contributed by atoms with E-state index in [0.29, 0.717) is 5.82 Å². The first-order valence-corrected chi connectivity index (χ1v) is 22.3. The molecule has 1 unspecified atom stereocenters. The number of pyridine rings is 1. The molecule has 3 nitrogen and oxygen atoms in total. The van der Waals surface area contributed by atoms with Gasteiger partial charge in [-0.15, -0.1) is 0 Å². The molecule has 65 heavy (non-hydrogen) atoms. The van der Waals surface area contributed by atoms with Crippen molar-refractivity contribution in [2.45, 2.75) is 5.41 Å². The van der Waals surface area contributed by atoms with Crippen LogP contribution in [0, 0.1) is 0 Å². The maximum Gasteiger partial charge on any atom is 0.160 e. The fraction of sp³-hybridized carbons (Fsp3) is 0.0161. The van der Waals surface area contributed by atoms with Crippen LogP contribution in [0.1, 0.15) is 22.3 Å². The fourth-order valence-electron chi connectivity index (χ4n) is 11.4. The van der Waals surface area contributed by atoms with Crippen molar-refractivity contribution < 1.29 is 0 Å². The number of aromatic nitrogens is 3. The molecule has 1 spiro atoms. The van der Waals surface area contributed by atoms with Crippen molar-refractivity contribution in [1.29, 1.82) is 0 Å². The van der Waals surface area contributed by atoms with E-state index in [4.69, 9.17) is 9.97 Å². The molecule has 300 valence electrons. The summed E-state index contributed by atoms with van der Waals surface area (Å²) in [6, 6.07) is 78.1. The summed E-state index contributed by atoms with van der Waals surface area (Å²) in [6.07, 6.45) is 3.71. The van der Waals surface area contributed by atoms with Crippen molar-refractivity contribution in [3.8, 4) is 78.4 Å². The summed E-state index contributed by atoms with van der Waals surface area (Å²) in [5, 5.41) is 7.77. The van der Waals surface area contributed by atoms with Gasteiger partial charge in [0.1, 0.15) is 0 Å². The highest BCUT2D eigenvalue weighted by Gasteiger charge is 2.50. The maximum atomic E-state index is 5.40. The smallest absolute Gasteiger partial charge is 0.160 e. The molecule has 0 bridgehead atoms. The van der Waals surface area contributed by atoms with Gasteiger partial charge in [0.15, 0.2) is 5.82 Å². The molecule has 0 amide bonds. The van der Waals surface area contributed by atoms with Crippen LogP contribution in [0.3, 0.4) is 0 Å². The summed E-state index contributed by atoms with van der Waals surface area (Å²) < 4.78 is 0. The fourth-order valence-corrected chi connectivity index (χ4v) is 11.4. The van der Waals surface area contributed by atoms with Crippen molar-refractivity contribution in [1.82, 2.24) is 15.0 Å².